The van der Waals surface area contributed by atoms with Crippen LogP contribution in [0.25, 0.3) is 5.69 Å². The number of hydrogen-bond donors (Lipinski definition) is 1. The number of aliphatic imine (C=N–C) groups is 1. The highest BCUT2D eigenvalue weighted by Crippen LogP contribution is 2.19. The lowest BCUT2D eigenvalue weighted by molar-refractivity contribution is 0.00990. The summed E-state index contributed by atoms with van der Waals surface area (Å²) in [6.07, 6.45) is 3.34. The number of methoxy groups -OCH3 is 1. The average Bonchev–Trinajstić information content (AvgIpc) is 3.12. The average molecular weight is 556 g/mol. The molecule has 1 aliphatic heterocycles. The van der Waals surface area contributed by atoms with Crippen LogP contribution in [0, 0.1) is 13.8 Å². The third-order valence-electron chi connectivity index (χ3n) is 5.55. The Morgan fingerprint density at radius 1 is 1.19 bits per heavy atom. The van der Waals surface area contributed by atoms with E-state index >= 15 is 0 Å². The van der Waals surface area contributed by atoms with E-state index in [1.165, 1.54) is 5.56 Å². The number of aryl methyl sites for hydroxylation is 2. The van der Waals surface area contributed by atoms with Gasteiger partial charge in [0.05, 0.1) is 24.0 Å². The Labute approximate surface area is 209 Å². The first-order valence-electron chi connectivity index (χ1n) is 11.4. The second kappa shape index (κ2) is 13.8. The number of guanidine groups is 1. The number of piperidine rings is 1. The molecule has 0 atom stereocenters. The highest BCUT2D eigenvalue weighted by molar-refractivity contribution is 14.0. The summed E-state index contributed by atoms with van der Waals surface area (Å²) in [6, 6.07) is 10.5. The first kappa shape index (κ1) is 26.6. The third-order valence-corrected chi connectivity index (χ3v) is 5.55. The lowest BCUT2D eigenvalue weighted by Gasteiger charge is -2.34. The Bertz CT molecular complexity index is 847. The maximum Gasteiger partial charge on any atom is 0.194 e. The molecule has 0 radical (unpaired) electrons. The number of benzene rings is 1. The molecule has 0 saturated carbocycles. The molecule has 7 nitrogen and oxygen atoms in total. The number of hydrogen-bond acceptors (Lipinski definition) is 4. The summed E-state index contributed by atoms with van der Waals surface area (Å²) in [4.78, 5) is 7.33. The molecule has 0 aliphatic carbocycles. The Morgan fingerprint density at radius 2 is 1.94 bits per heavy atom. The van der Waals surface area contributed by atoms with Crippen LogP contribution in [0.3, 0.4) is 0 Å². The molecule has 1 saturated heterocycles. The lowest BCUT2D eigenvalue weighted by atomic mass is 10.1. The molecule has 1 aromatic heterocycles. The molecule has 2 aromatic rings. The van der Waals surface area contributed by atoms with Crippen molar-refractivity contribution in [2.24, 2.45) is 4.99 Å². The van der Waals surface area contributed by atoms with Crippen molar-refractivity contribution < 1.29 is 9.47 Å². The van der Waals surface area contributed by atoms with Gasteiger partial charge in [0, 0.05) is 45.7 Å². The normalized spacial score (nSPS) is 15.0. The van der Waals surface area contributed by atoms with Crippen molar-refractivity contribution in [3.05, 3.63) is 47.3 Å². The van der Waals surface area contributed by atoms with E-state index in [1.807, 2.05) is 11.6 Å². The van der Waals surface area contributed by atoms with Gasteiger partial charge in [-0.2, -0.15) is 5.10 Å². The predicted molar refractivity (Wildman–Crippen MR) is 140 cm³/mol. The van der Waals surface area contributed by atoms with Gasteiger partial charge in [-0.05, 0) is 57.7 Å². The quantitative estimate of drug-likeness (QED) is 0.219. The molecule has 178 valence electrons. The maximum atomic E-state index is 6.00. The molecule has 1 fully saturated rings. The van der Waals surface area contributed by atoms with Gasteiger partial charge in [-0.25, -0.2) is 9.67 Å². The summed E-state index contributed by atoms with van der Waals surface area (Å²) < 4.78 is 13.1. The Hall–Kier alpha value is -1.65. The first-order chi connectivity index (χ1) is 15.1. The molecule has 1 aliphatic rings. The van der Waals surface area contributed by atoms with E-state index in [1.54, 1.807) is 7.11 Å². The van der Waals surface area contributed by atoms with E-state index in [-0.39, 0.29) is 24.0 Å². The highest BCUT2D eigenvalue weighted by Gasteiger charge is 2.22. The summed E-state index contributed by atoms with van der Waals surface area (Å²) in [6.45, 7) is 11.1. The molecule has 0 bridgehead atoms. The van der Waals surface area contributed by atoms with Crippen molar-refractivity contribution in [2.45, 2.75) is 52.7 Å². The highest BCUT2D eigenvalue weighted by atomic mass is 127. The summed E-state index contributed by atoms with van der Waals surface area (Å²) in [5.41, 5.74) is 4.42. The molecule has 3 rings (SSSR count). The summed E-state index contributed by atoms with van der Waals surface area (Å²) in [5.74, 6) is 0.975. The molecule has 2 heterocycles. The topological polar surface area (TPSA) is 63.9 Å². The molecule has 8 heteroatoms. The number of nitrogens with zero attached hydrogens (tertiary/aromatic N) is 4. The summed E-state index contributed by atoms with van der Waals surface area (Å²) in [7, 11) is 1.73. The van der Waals surface area contributed by atoms with E-state index in [4.69, 9.17) is 14.5 Å². The van der Waals surface area contributed by atoms with Gasteiger partial charge in [0.2, 0.25) is 0 Å². The minimum atomic E-state index is 0. The Kier molecular flexibility index (Phi) is 11.5. The van der Waals surface area contributed by atoms with Crippen molar-refractivity contribution >= 4 is 29.9 Å². The molecular weight excluding hydrogens is 517 g/mol. The van der Waals surface area contributed by atoms with Gasteiger partial charge in [-0.3, -0.25) is 0 Å². The minimum Gasteiger partial charge on any atom is -0.385 e. The molecule has 0 spiro atoms. The third kappa shape index (κ3) is 7.45. The zero-order chi connectivity index (χ0) is 22.1. The van der Waals surface area contributed by atoms with E-state index in [2.05, 4.69) is 59.5 Å². The van der Waals surface area contributed by atoms with Crippen LogP contribution in [0.2, 0.25) is 0 Å². The van der Waals surface area contributed by atoms with Gasteiger partial charge >= 0.3 is 0 Å². The fourth-order valence-electron chi connectivity index (χ4n) is 4.00. The number of rotatable bonds is 9. The minimum absolute atomic E-state index is 0. The lowest BCUT2D eigenvalue weighted by Crippen LogP contribution is -2.47. The Balaban J connectivity index is 0.00000363. The standard InChI is InChI=1S/C24H37N5O2.HI/c1-5-25-24(28-13-11-22(12-14-28)31-16-8-15-30-4)26-18-21-9-6-7-10-23(21)29-20(3)17-19(2)27-29;/h6-7,9-10,17,22H,5,8,11-16,18H2,1-4H3,(H,25,26);1H. The zero-order valence-electron chi connectivity index (χ0n) is 19.8. The molecule has 0 amide bonds. The molecule has 1 aromatic carbocycles. The molecular formula is C24H38IN5O2. The van der Waals surface area contributed by atoms with Gasteiger partial charge in [0.1, 0.15) is 0 Å². The van der Waals surface area contributed by atoms with Crippen molar-refractivity contribution in [2.75, 3.05) is 40.0 Å². The van der Waals surface area contributed by atoms with Gasteiger partial charge in [0.15, 0.2) is 5.96 Å². The first-order valence-corrected chi connectivity index (χ1v) is 11.4. The van der Waals surface area contributed by atoms with E-state index in [0.29, 0.717) is 12.6 Å². The van der Waals surface area contributed by atoms with Crippen molar-refractivity contribution in [3.63, 3.8) is 0 Å². The number of aromatic nitrogens is 2. The number of para-hydroxylation sites is 1. The largest absolute Gasteiger partial charge is 0.385 e. The van der Waals surface area contributed by atoms with Crippen LogP contribution in [0.4, 0.5) is 0 Å². The number of halogens is 1. The summed E-state index contributed by atoms with van der Waals surface area (Å²) in [5, 5.41) is 8.13. The predicted octanol–water partition coefficient (Wildman–Crippen LogP) is 4.09. The van der Waals surface area contributed by atoms with Crippen LogP contribution in [-0.4, -0.2) is 66.7 Å². The second-order valence-corrected chi connectivity index (χ2v) is 8.04. The van der Waals surface area contributed by atoms with Gasteiger partial charge in [-0.15, -0.1) is 24.0 Å². The van der Waals surface area contributed by atoms with Crippen LogP contribution in [0.5, 0.6) is 0 Å². The van der Waals surface area contributed by atoms with Crippen LogP contribution in [-0.2, 0) is 16.0 Å². The SMILES string of the molecule is CCNC(=NCc1ccccc1-n1nc(C)cc1C)N1CCC(OCCCOC)CC1.I. The molecule has 1 N–H and O–H groups in total. The van der Waals surface area contributed by atoms with E-state index in [0.717, 1.165) is 75.1 Å². The number of likely N-dealkylation sites (tertiary alicyclic amines) is 1. The summed E-state index contributed by atoms with van der Waals surface area (Å²) >= 11 is 0. The molecule has 32 heavy (non-hydrogen) atoms. The van der Waals surface area contributed by atoms with Gasteiger partial charge in [0.25, 0.3) is 0 Å². The van der Waals surface area contributed by atoms with Crippen LogP contribution >= 0.6 is 24.0 Å². The van der Waals surface area contributed by atoms with Crippen LogP contribution < -0.4 is 5.32 Å². The maximum absolute atomic E-state index is 6.00. The number of ether oxygens (including phenoxy) is 2. The smallest absolute Gasteiger partial charge is 0.194 e. The monoisotopic (exact) mass is 555 g/mol. The van der Waals surface area contributed by atoms with E-state index in [9.17, 15) is 0 Å². The van der Waals surface area contributed by atoms with Gasteiger partial charge < -0.3 is 19.7 Å². The fraction of sp³-hybridized carbons (Fsp3) is 0.583. The fourth-order valence-corrected chi connectivity index (χ4v) is 4.00. The zero-order valence-corrected chi connectivity index (χ0v) is 22.2. The van der Waals surface area contributed by atoms with Gasteiger partial charge in [-0.1, -0.05) is 18.2 Å². The second-order valence-electron chi connectivity index (χ2n) is 8.04. The number of nitrogens with one attached hydrogen (secondary N) is 1. The van der Waals surface area contributed by atoms with Crippen LogP contribution in [0.1, 0.15) is 43.1 Å². The van der Waals surface area contributed by atoms with Crippen molar-refractivity contribution in [1.29, 1.82) is 0 Å². The molecule has 0 unspecified atom stereocenters. The van der Waals surface area contributed by atoms with Crippen molar-refractivity contribution in [3.8, 4) is 5.69 Å². The Morgan fingerprint density at radius 3 is 2.59 bits per heavy atom. The van der Waals surface area contributed by atoms with Crippen molar-refractivity contribution in [1.82, 2.24) is 20.0 Å². The van der Waals surface area contributed by atoms with E-state index < -0.39 is 0 Å². The van der Waals surface area contributed by atoms with Crippen LogP contribution in [0.15, 0.2) is 35.3 Å².